The molecule has 0 fully saturated rings. The second-order valence-electron chi connectivity index (χ2n) is 3.61. The van der Waals surface area contributed by atoms with Crippen LogP contribution in [0, 0.1) is 0 Å². The summed E-state index contributed by atoms with van der Waals surface area (Å²) in [6.07, 6.45) is 2.18. The van der Waals surface area contributed by atoms with Crippen LogP contribution in [0.25, 0.3) is 10.6 Å². The summed E-state index contributed by atoms with van der Waals surface area (Å²) in [5.74, 6) is 0.984. The first-order valence-corrected chi connectivity index (χ1v) is 6.69. The molecule has 0 amide bonds. The normalized spacial score (nSPS) is 14.3. The highest BCUT2D eigenvalue weighted by atomic mass is 79.9. The Bertz CT molecular complexity index is 526. The standard InChI is InChI=1S/C11H9BrN2OS/c12-11-14-13-10(16-11)8-5-1-3-7-4-2-6-15-9(7)8/h1,3,5H,2,4,6H2. The van der Waals surface area contributed by atoms with Crippen molar-refractivity contribution in [2.45, 2.75) is 12.8 Å². The molecule has 0 unspecified atom stereocenters. The summed E-state index contributed by atoms with van der Waals surface area (Å²) in [4.78, 5) is 0. The van der Waals surface area contributed by atoms with Crippen molar-refractivity contribution < 1.29 is 4.74 Å². The van der Waals surface area contributed by atoms with E-state index >= 15 is 0 Å². The molecule has 1 aliphatic heterocycles. The van der Waals surface area contributed by atoms with Crippen molar-refractivity contribution in [2.24, 2.45) is 0 Å². The third kappa shape index (κ3) is 1.74. The zero-order valence-corrected chi connectivity index (χ0v) is 10.8. The Kier molecular flexibility index (Phi) is 2.65. The maximum Gasteiger partial charge on any atom is 0.183 e. The fraction of sp³-hybridized carbons (Fsp3) is 0.273. The highest BCUT2D eigenvalue weighted by Gasteiger charge is 2.17. The van der Waals surface area contributed by atoms with E-state index in [1.165, 1.54) is 16.9 Å². The van der Waals surface area contributed by atoms with E-state index < -0.39 is 0 Å². The van der Waals surface area contributed by atoms with Gasteiger partial charge in [0.1, 0.15) is 5.75 Å². The average Bonchev–Trinajstić information content (AvgIpc) is 2.75. The Morgan fingerprint density at radius 3 is 3.06 bits per heavy atom. The van der Waals surface area contributed by atoms with Crippen molar-refractivity contribution in [3.8, 4) is 16.3 Å². The van der Waals surface area contributed by atoms with Crippen LogP contribution in [0.3, 0.4) is 0 Å². The average molecular weight is 297 g/mol. The molecular formula is C11H9BrN2OS. The molecule has 0 N–H and O–H groups in total. The summed E-state index contributed by atoms with van der Waals surface area (Å²) in [5, 5.41) is 9.02. The lowest BCUT2D eigenvalue weighted by atomic mass is 10.0. The minimum Gasteiger partial charge on any atom is -0.493 e. The van der Waals surface area contributed by atoms with Gasteiger partial charge in [-0.15, -0.1) is 10.2 Å². The van der Waals surface area contributed by atoms with E-state index in [0.717, 1.165) is 39.7 Å². The van der Waals surface area contributed by atoms with Crippen LogP contribution in [0.15, 0.2) is 22.1 Å². The summed E-state index contributed by atoms with van der Waals surface area (Å²) < 4.78 is 6.54. The molecule has 0 spiro atoms. The second kappa shape index (κ2) is 4.14. The van der Waals surface area contributed by atoms with E-state index in [1.54, 1.807) is 0 Å². The fourth-order valence-electron chi connectivity index (χ4n) is 1.87. The van der Waals surface area contributed by atoms with Gasteiger partial charge in [0.05, 0.1) is 12.2 Å². The van der Waals surface area contributed by atoms with Gasteiger partial charge in [0.2, 0.25) is 0 Å². The van der Waals surface area contributed by atoms with Crippen molar-refractivity contribution in [1.29, 1.82) is 0 Å². The van der Waals surface area contributed by atoms with Crippen LogP contribution < -0.4 is 4.74 Å². The molecule has 0 saturated heterocycles. The molecule has 1 aromatic heterocycles. The zero-order chi connectivity index (χ0) is 11.0. The molecule has 5 heteroatoms. The molecule has 0 radical (unpaired) electrons. The van der Waals surface area contributed by atoms with Gasteiger partial charge >= 0.3 is 0 Å². The molecule has 0 bridgehead atoms. The van der Waals surface area contributed by atoms with Gasteiger partial charge in [0, 0.05) is 0 Å². The minimum atomic E-state index is 0.796. The van der Waals surface area contributed by atoms with E-state index in [1.807, 2.05) is 6.07 Å². The van der Waals surface area contributed by atoms with Crippen molar-refractivity contribution in [1.82, 2.24) is 10.2 Å². The van der Waals surface area contributed by atoms with Gasteiger partial charge in [0.25, 0.3) is 0 Å². The molecule has 16 heavy (non-hydrogen) atoms. The Morgan fingerprint density at radius 2 is 2.25 bits per heavy atom. The van der Waals surface area contributed by atoms with Gasteiger partial charge < -0.3 is 4.74 Å². The number of fused-ring (bicyclic) bond motifs is 1. The lowest BCUT2D eigenvalue weighted by Gasteiger charge is -2.19. The third-order valence-electron chi connectivity index (χ3n) is 2.56. The lowest BCUT2D eigenvalue weighted by molar-refractivity contribution is 0.289. The highest BCUT2D eigenvalue weighted by molar-refractivity contribution is 9.11. The van der Waals surface area contributed by atoms with Crippen LogP contribution >= 0.6 is 27.3 Å². The van der Waals surface area contributed by atoms with Gasteiger partial charge in [-0.1, -0.05) is 23.5 Å². The van der Waals surface area contributed by atoms with Crippen molar-refractivity contribution >= 4 is 27.3 Å². The number of halogens is 1. The molecule has 1 aliphatic rings. The van der Waals surface area contributed by atoms with Crippen LogP contribution in [-0.2, 0) is 6.42 Å². The first-order chi connectivity index (χ1) is 7.84. The Balaban J connectivity index is 2.13. The minimum absolute atomic E-state index is 0.796. The summed E-state index contributed by atoms with van der Waals surface area (Å²) in [6, 6.07) is 6.21. The van der Waals surface area contributed by atoms with Crippen molar-refractivity contribution in [3.63, 3.8) is 0 Å². The van der Waals surface area contributed by atoms with Gasteiger partial charge in [-0.25, -0.2) is 0 Å². The van der Waals surface area contributed by atoms with E-state index in [2.05, 4.69) is 38.3 Å². The lowest BCUT2D eigenvalue weighted by Crippen LogP contribution is -2.09. The number of aromatic nitrogens is 2. The van der Waals surface area contributed by atoms with E-state index in [4.69, 9.17) is 4.74 Å². The van der Waals surface area contributed by atoms with Crippen LogP contribution in [0.1, 0.15) is 12.0 Å². The van der Waals surface area contributed by atoms with Crippen LogP contribution in [-0.4, -0.2) is 16.8 Å². The molecule has 1 aromatic carbocycles. The molecule has 3 rings (SSSR count). The van der Waals surface area contributed by atoms with Gasteiger partial charge in [-0.3, -0.25) is 0 Å². The van der Waals surface area contributed by atoms with E-state index in [-0.39, 0.29) is 0 Å². The number of benzene rings is 1. The zero-order valence-electron chi connectivity index (χ0n) is 8.44. The first-order valence-electron chi connectivity index (χ1n) is 5.08. The monoisotopic (exact) mass is 296 g/mol. The second-order valence-corrected chi connectivity index (χ2v) is 5.86. The van der Waals surface area contributed by atoms with Crippen LogP contribution in [0.2, 0.25) is 0 Å². The van der Waals surface area contributed by atoms with Crippen molar-refractivity contribution in [3.05, 3.63) is 27.7 Å². The van der Waals surface area contributed by atoms with Gasteiger partial charge in [-0.05, 0) is 40.4 Å². The maximum atomic E-state index is 5.74. The maximum absolute atomic E-state index is 5.74. The summed E-state index contributed by atoms with van der Waals surface area (Å²) in [7, 11) is 0. The Morgan fingerprint density at radius 1 is 1.31 bits per heavy atom. The smallest absolute Gasteiger partial charge is 0.183 e. The molecule has 3 nitrogen and oxygen atoms in total. The quantitative estimate of drug-likeness (QED) is 0.810. The Labute approximate surface area is 106 Å². The summed E-state index contributed by atoms with van der Waals surface area (Å²) in [5.41, 5.74) is 2.33. The van der Waals surface area contributed by atoms with Gasteiger partial charge in [-0.2, -0.15) is 0 Å². The van der Waals surface area contributed by atoms with Crippen molar-refractivity contribution in [2.75, 3.05) is 6.61 Å². The van der Waals surface area contributed by atoms with Gasteiger partial charge in [0.15, 0.2) is 8.92 Å². The fourth-order valence-corrected chi connectivity index (χ4v) is 3.00. The molecular weight excluding hydrogens is 288 g/mol. The van der Waals surface area contributed by atoms with E-state index in [9.17, 15) is 0 Å². The predicted octanol–water partition coefficient (Wildman–Crippen LogP) is 3.29. The summed E-state index contributed by atoms with van der Waals surface area (Å²) in [6.45, 7) is 0.796. The number of ether oxygens (including phenoxy) is 1. The SMILES string of the molecule is Brc1nnc(-c2cccc3c2OCCC3)s1. The number of rotatable bonds is 1. The molecule has 0 aliphatic carbocycles. The summed E-state index contributed by atoms with van der Waals surface area (Å²) >= 11 is 4.86. The largest absolute Gasteiger partial charge is 0.493 e. The number of aryl methyl sites for hydroxylation is 1. The van der Waals surface area contributed by atoms with E-state index in [0.29, 0.717) is 0 Å². The molecule has 0 saturated carbocycles. The highest BCUT2D eigenvalue weighted by Crippen LogP contribution is 2.38. The molecule has 2 aromatic rings. The number of hydrogen-bond donors (Lipinski definition) is 0. The Hall–Kier alpha value is -0.940. The number of hydrogen-bond acceptors (Lipinski definition) is 4. The number of para-hydroxylation sites is 1. The molecule has 2 heterocycles. The first kappa shape index (κ1) is 10.2. The molecule has 82 valence electrons. The topological polar surface area (TPSA) is 35.0 Å². The van der Waals surface area contributed by atoms with Crippen LogP contribution in [0.4, 0.5) is 0 Å². The molecule has 0 atom stereocenters. The third-order valence-corrected chi connectivity index (χ3v) is 3.95. The predicted molar refractivity (Wildman–Crippen MR) is 66.9 cm³/mol. The van der Waals surface area contributed by atoms with Crippen LogP contribution in [0.5, 0.6) is 5.75 Å². The number of nitrogens with zero attached hydrogens (tertiary/aromatic N) is 2.